The Hall–Kier alpha value is -1.22. The minimum atomic E-state index is 0.0755. The van der Waals surface area contributed by atoms with Crippen molar-refractivity contribution in [2.45, 2.75) is 18.9 Å². The highest BCUT2D eigenvalue weighted by Gasteiger charge is 2.22. The van der Waals surface area contributed by atoms with Gasteiger partial charge in [0.1, 0.15) is 5.75 Å². The van der Waals surface area contributed by atoms with Crippen LogP contribution < -0.4 is 11.5 Å². The van der Waals surface area contributed by atoms with E-state index < -0.39 is 0 Å². The Kier molecular flexibility index (Phi) is 1.48. The number of nitrogen functional groups attached to an aromatic ring is 1. The van der Waals surface area contributed by atoms with Crippen molar-refractivity contribution in [1.29, 1.82) is 0 Å². The normalized spacial score (nSPS) is 20.9. The number of phenols is 1. The van der Waals surface area contributed by atoms with Crippen molar-refractivity contribution in [3.63, 3.8) is 0 Å². The van der Waals surface area contributed by atoms with E-state index in [1.807, 2.05) is 6.07 Å². The summed E-state index contributed by atoms with van der Waals surface area (Å²) in [4.78, 5) is 0. The largest absolute Gasteiger partial charge is 0.505 e. The molecule has 0 aromatic heterocycles. The summed E-state index contributed by atoms with van der Waals surface area (Å²) in [5, 5.41) is 9.56. The van der Waals surface area contributed by atoms with Gasteiger partial charge in [0.05, 0.1) is 5.69 Å². The minimum Gasteiger partial charge on any atom is -0.505 e. The highest BCUT2D eigenvalue weighted by Crippen LogP contribution is 2.38. The summed E-state index contributed by atoms with van der Waals surface area (Å²) < 4.78 is 0. The van der Waals surface area contributed by atoms with E-state index in [1.54, 1.807) is 6.07 Å². The molecule has 1 aliphatic rings. The molecule has 1 aromatic carbocycles. The van der Waals surface area contributed by atoms with Crippen LogP contribution in [0.2, 0.25) is 0 Å². The van der Waals surface area contributed by atoms with Gasteiger partial charge in [-0.15, -0.1) is 0 Å². The number of phenolic OH excluding ortho intramolecular Hbond substituents is 1. The van der Waals surface area contributed by atoms with Crippen LogP contribution in [0.5, 0.6) is 5.75 Å². The number of hydrogen-bond donors (Lipinski definition) is 3. The van der Waals surface area contributed by atoms with Gasteiger partial charge < -0.3 is 16.6 Å². The van der Waals surface area contributed by atoms with E-state index in [0.717, 1.165) is 24.0 Å². The van der Waals surface area contributed by atoms with Crippen molar-refractivity contribution >= 4 is 5.69 Å². The average molecular weight is 164 g/mol. The molecule has 0 amide bonds. The molecule has 5 N–H and O–H groups in total. The summed E-state index contributed by atoms with van der Waals surface area (Å²) in [6, 6.07) is 3.69. The molecular formula is C9H12N2O. The maximum absolute atomic E-state index is 9.56. The highest BCUT2D eigenvalue weighted by molar-refractivity contribution is 5.60. The zero-order chi connectivity index (χ0) is 8.72. The van der Waals surface area contributed by atoms with Crippen LogP contribution in [0.15, 0.2) is 12.1 Å². The first kappa shape index (κ1) is 7.43. The van der Waals surface area contributed by atoms with Gasteiger partial charge >= 0.3 is 0 Å². The minimum absolute atomic E-state index is 0.0755. The fraction of sp³-hybridized carbons (Fsp3) is 0.333. The monoisotopic (exact) mass is 164 g/mol. The molecule has 0 fully saturated rings. The van der Waals surface area contributed by atoms with Crippen molar-refractivity contribution < 1.29 is 5.11 Å². The second-order valence-corrected chi connectivity index (χ2v) is 3.22. The van der Waals surface area contributed by atoms with E-state index in [2.05, 4.69) is 0 Å². The van der Waals surface area contributed by atoms with Crippen LogP contribution in [0, 0.1) is 0 Å². The average Bonchev–Trinajstić information content (AvgIpc) is 2.41. The zero-order valence-electron chi connectivity index (χ0n) is 6.75. The lowest BCUT2D eigenvalue weighted by Gasteiger charge is -2.07. The molecule has 0 aliphatic heterocycles. The first-order valence-electron chi connectivity index (χ1n) is 4.06. The Balaban J connectivity index is 2.60. The van der Waals surface area contributed by atoms with E-state index in [9.17, 15) is 5.11 Å². The number of aromatic hydroxyl groups is 1. The lowest BCUT2D eigenvalue weighted by molar-refractivity contribution is 0.472. The van der Waals surface area contributed by atoms with Crippen LogP contribution in [0.3, 0.4) is 0 Å². The fourth-order valence-electron chi connectivity index (χ4n) is 1.74. The number of nitrogens with two attached hydrogens (primary N) is 2. The summed E-state index contributed by atoms with van der Waals surface area (Å²) in [7, 11) is 0. The van der Waals surface area contributed by atoms with Crippen LogP contribution in [0.25, 0.3) is 0 Å². The van der Waals surface area contributed by atoms with E-state index in [1.165, 1.54) is 0 Å². The van der Waals surface area contributed by atoms with E-state index in [-0.39, 0.29) is 11.8 Å². The predicted octanol–water partition coefficient (Wildman–Crippen LogP) is 0.920. The molecule has 0 bridgehead atoms. The van der Waals surface area contributed by atoms with Gasteiger partial charge in [-0.3, -0.25) is 0 Å². The summed E-state index contributed by atoms with van der Waals surface area (Å²) in [5.41, 5.74) is 13.8. The van der Waals surface area contributed by atoms with Crippen molar-refractivity contribution in [1.82, 2.24) is 0 Å². The van der Waals surface area contributed by atoms with Gasteiger partial charge in [0.25, 0.3) is 0 Å². The molecule has 64 valence electrons. The molecule has 0 radical (unpaired) electrons. The molecule has 0 heterocycles. The summed E-state index contributed by atoms with van der Waals surface area (Å²) in [6.07, 6.45) is 1.75. The second kappa shape index (κ2) is 2.38. The first-order chi connectivity index (χ1) is 5.70. The van der Waals surface area contributed by atoms with Crippen molar-refractivity contribution in [2.24, 2.45) is 5.73 Å². The lowest BCUT2D eigenvalue weighted by atomic mass is 10.1. The van der Waals surface area contributed by atoms with Crippen molar-refractivity contribution in [2.75, 3.05) is 5.73 Å². The number of rotatable bonds is 0. The molecule has 2 rings (SSSR count). The number of anilines is 1. The van der Waals surface area contributed by atoms with Crippen molar-refractivity contribution in [3.05, 3.63) is 23.3 Å². The standard InChI is InChI=1S/C9H12N2O/c10-7-3-2-6-5(7)1-4-8(11)9(6)12/h1,4,7,12H,2-3,10-11H2. The molecule has 0 spiro atoms. The molecule has 1 aliphatic carbocycles. The summed E-state index contributed by atoms with van der Waals surface area (Å²) in [5.74, 6) is 0.223. The van der Waals surface area contributed by atoms with Gasteiger partial charge in [-0.05, 0) is 24.5 Å². The van der Waals surface area contributed by atoms with Crippen LogP contribution in [0.1, 0.15) is 23.6 Å². The Morgan fingerprint density at radius 1 is 1.42 bits per heavy atom. The van der Waals surface area contributed by atoms with Crippen LogP contribution in [0.4, 0.5) is 5.69 Å². The highest BCUT2D eigenvalue weighted by atomic mass is 16.3. The van der Waals surface area contributed by atoms with Gasteiger partial charge in [-0.1, -0.05) is 6.07 Å². The van der Waals surface area contributed by atoms with E-state index in [4.69, 9.17) is 11.5 Å². The number of hydrogen-bond acceptors (Lipinski definition) is 3. The maximum atomic E-state index is 9.56. The molecule has 1 unspecified atom stereocenters. The summed E-state index contributed by atoms with van der Waals surface area (Å²) >= 11 is 0. The zero-order valence-corrected chi connectivity index (χ0v) is 6.75. The van der Waals surface area contributed by atoms with Gasteiger partial charge in [0.2, 0.25) is 0 Å². The quantitative estimate of drug-likeness (QED) is 0.394. The molecular weight excluding hydrogens is 152 g/mol. The Bertz CT molecular complexity index is 323. The molecule has 1 atom stereocenters. The van der Waals surface area contributed by atoms with Gasteiger partial charge in [0.15, 0.2) is 0 Å². The Morgan fingerprint density at radius 2 is 2.17 bits per heavy atom. The SMILES string of the molecule is Nc1ccc2c(c1O)CCC2N. The van der Waals surface area contributed by atoms with Crippen LogP contribution in [-0.4, -0.2) is 5.11 Å². The molecule has 3 heteroatoms. The van der Waals surface area contributed by atoms with Gasteiger partial charge in [-0.2, -0.15) is 0 Å². The molecule has 12 heavy (non-hydrogen) atoms. The summed E-state index contributed by atoms with van der Waals surface area (Å²) in [6.45, 7) is 0. The Morgan fingerprint density at radius 3 is 2.92 bits per heavy atom. The second-order valence-electron chi connectivity index (χ2n) is 3.22. The number of benzene rings is 1. The lowest BCUT2D eigenvalue weighted by Crippen LogP contribution is -2.05. The van der Waals surface area contributed by atoms with E-state index >= 15 is 0 Å². The molecule has 0 saturated heterocycles. The van der Waals surface area contributed by atoms with Crippen LogP contribution >= 0.6 is 0 Å². The Labute approximate surface area is 71.0 Å². The topological polar surface area (TPSA) is 72.3 Å². The fourth-order valence-corrected chi connectivity index (χ4v) is 1.74. The third-order valence-corrected chi connectivity index (χ3v) is 2.46. The van der Waals surface area contributed by atoms with Crippen molar-refractivity contribution in [3.8, 4) is 5.75 Å². The van der Waals surface area contributed by atoms with Crippen LogP contribution in [-0.2, 0) is 6.42 Å². The first-order valence-corrected chi connectivity index (χ1v) is 4.06. The molecule has 3 nitrogen and oxygen atoms in total. The molecule has 1 aromatic rings. The third kappa shape index (κ3) is 0.865. The molecule has 0 saturated carbocycles. The van der Waals surface area contributed by atoms with Gasteiger partial charge in [0, 0.05) is 11.6 Å². The maximum Gasteiger partial charge on any atom is 0.141 e. The van der Waals surface area contributed by atoms with Gasteiger partial charge in [-0.25, -0.2) is 0 Å². The smallest absolute Gasteiger partial charge is 0.141 e. The predicted molar refractivity (Wildman–Crippen MR) is 47.8 cm³/mol. The third-order valence-electron chi connectivity index (χ3n) is 2.46. The number of fused-ring (bicyclic) bond motifs is 1. The van der Waals surface area contributed by atoms with E-state index in [0.29, 0.717) is 5.69 Å².